The van der Waals surface area contributed by atoms with Gasteiger partial charge in [-0.05, 0) is 42.9 Å². The van der Waals surface area contributed by atoms with Gasteiger partial charge < -0.3 is 19.7 Å². The molecule has 0 bridgehead atoms. The summed E-state index contributed by atoms with van der Waals surface area (Å²) < 4.78 is 10.7. The number of rotatable bonds is 10. The molecule has 7 heteroatoms. The Bertz CT molecular complexity index is 720. The molecule has 1 heterocycles. The minimum Gasteiger partial charge on any atom is -0.493 e. The van der Waals surface area contributed by atoms with E-state index in [0.29, 0.717) is 37.1 Å². The molecule has 3 rings (SSSR count). The van der Waals surface area contributed by atoms with Crippen molar-refractivity contribution in [2.75, 3.05) is 40.4 Å². The lowest BCUT2D eigenvalue weighted by atomic mass is 10.1. The van der Waals surface area contributed by atoms with E-state index >= 15 is 0 Å². The molecule has 0 spiro atoms. The van der Waals surface area contributed by atoms with Crippen molar-refractivity contribution >= 4 is 11.8 Å². The second-order valence-corrected chi connectivity index (χ2v) is 7.95. The van der Waals surface area contributed by atoms with Gasteiger partial charge in [0.05, 0.1) is 26.7 Å². The Morgan fingerprint density at radius 3 is 2.66 bits per heavy atom. The van der Waals surface area contributed by atoms with Crippen LogP contribution in [0.15, 0.2) is 18.2 Å². The van der Waals surface area contributed by atoms with Gasteiger partial charge >= 0.3 is 0 Å². The minimum atomic E-state index is -0.442. The lowest BCUT2D eigenvalue weighted by Gasteiger charge is -2.36. The summed E-state index contributed by atoms with van der Waals surface area (Å²) in [5.74, 6) is 2.01. The number of amides is 2. The highest BCUT2D eigenvalue weighted by atomic mass is 16.5. The van der Waals surface area contributed by atoms with E-state index in [0.717, 1.165) is 25.1 Å². The summed E-state index contributed by atoms with van der Waals surface area (Å²) in [4.78, 5) is 29.6. The van der Waals surface area contributed by atoms with Crippen LogP contribution in [0.25, 0.3) is 0 Å². The number of ether oxygens (including phenoxy) is 2. The molecule has 1 saturated heterocycles. The average Bonchev–Trinajstić information content (AvgIpc) is 3.54. The van der Waals surface area contributed by atoms with Gasteiger partial charge in [0, 0.05) is 32.7 Å². The number of benzene rings is 1. The first-order valence-corrected chi connectivity index (χ1v) is 10.6. The van der Waals surface area contributed by atoms with Gasteiger partial charge in [0.2, 0.25) is 11.8 Å². The van der Waals surface area contributed by atoms with Crippen LogP contribution in [0.2, 0.25) is 0 Å². The van der Waals surface area contributed by atoms with Crippen LogP contribution in [0.4, 0.5) is 0 Å². The highest BCUT2D eigenvalue weighted by Crippen LogP contribution is 2.31. The Morgan fingerprint density at radius 2 is 2.00 bits per heavy atom. The van der Waals surface area contributed by atoms with Crippen LogP contribution in [-0.4, -0.2) is 68.1 Å². The van der Waals surface area contributed by atoms with Gasteiger partial charge in [-0.25, -0.2) is 0 Å². The largest absolute Gasteiger partial charge is 0.493 e. The molecule has 7 nitrogen and oxygen atoms in total. The topological polar surface area (TPSA) is 71.1 Å². The molecule has 2 aliphatic rings. The fourth-order valence-electron chi connectivity index (χ4n) is 3.88. The van der Waals surface area contributed by atoms with E-state index in [2.05, 4.69) is 17.1 Å². The SMILES string of the molecule is CCCN(CC1CC1)C(=O)CC1C(=O)NCCN1Cc1ccc(OC)c(OC)c1. The van der Waals surface area contributed by atoms with Crippen molar-refractivity contribution in [1.29, 1.82) is 0 Å². The summed E-state index contributed by atoms with van der Waals surface area (Å²) in [6.45, 7) is 5.58. The first-order chi connectivity index (χ1) is 14.0. The maximum absolute atomic E-state index is 13.0. The Hall–Kier alpha value is -2.28. The molecule has 2 fully saturated rings. The average molecular weight is 404 g/mol. The molecule has 160 valence electrons. The van der Waals surface area contributed by atoms with Crippen molar-refractivity contribution in [2.24, 2.45) is 5.92 Å². The van der Waals surface area contributed by atoms with Gasteiger partial charge in [0.15, 0.2) is 11.5 Å². The van der Waals surface area contributed by atoms with Gasteiger partial charge in [-0.15, -0.1) is 0 Å². The number of nitrogens with zero attached hydrogens (tertiary/aromatic N) is 2. The molecule has 1 atom stereocenters. The standard InChI is InChI=1S/C22H33N3O4/c1-4-10-25(14-16-5-6-16)21(26)13-18-22(27)23-9-11-24(18)15-17-7-8-19(28-2)20(12-17)29-3/h7-8,12,16,18H,4-6,9-11,13-15H2,1-3H3,(H,23,27). The van der Waals surface area contributed by atoms with E-state index in [1.165, 1.54) is 12.8 Å². The summed E-state index contributed by atoms with van der Waals surface area (Å²) >= 11 is 0. The number of hydrogen-bond donors (Lipinski definition) is 1. The molecular weight excluding hydrogens is 370 g/mol. The molecule has 1 aromatic carbocycles. The molecule has 1 unspecified atom stereocenters. The van der Waals surface area contributed by atoms with Crippen LogP contribution in [0.1, 0.15) is 38.2 Å². The highest BCUT2D eigenvalue weighted by molar-refractivity contribution is 5.88. The zero-order valence-corrected chi connectivity index (χ0v) is 17.8. The lowest BCUT2D eigenvalue weighted by Crippen LogP contribution is -2.56. The predicted molar refractivity (Wildman–Crippen MR) is 111 cm³/mol. The molecule has 1 aliphatic carbocycles. The van der Waals surface area contributed by atoms with E-state index in [9.17, 15) is 9.59 Å². The summed E-state index contributed by atoms with van der Waals surface area (Å²) in [7, 11) is 3.22. The smallest absolute Gasteiger partial charge is 0.237 e. The predicted octanol–water partition coefficient (Wildman–Crippen LogP) is 2.04. The zero-order valence-electron chi connectivity index (χ0n) is 17.8. The van der Waals surface area contributed by atoms with Crippen molar-refractivity contribution in [2.45, 2.75) is 45.2 Å². The van der Waals surface area contributed by atoms with E-state index in [4.69, 9.17) is 9.47 Å². The first-order valence-electron chi connectivity index (χ1n) is 10.6. The molecular formula is C22H33N3O4. The summed E-state index contributed by atoms with van der Waals surface area (Å²) in [5, 5.41) is 2.92. The van der Waals surface area contributed by atoms with Gasteiger partial charge in [-0.3, -0.25) is 14.5 Å². The van der Waals surface area contributed by atoms with E-state index < -0.39 is 6.04 Å². The van der Waals surface area contributed by atoms with Crippen LogP contribution in [0.5, 0.6) is 11.5 Å². The molecule has 2 amide bonds. The van der Waals surface area contributed by atoms with E-state index in [-0.39, 0.29) is 18.2 Å². The Kier molecular flexibility index (Phi) is 7.36. The van der Waals surface area contributed by atoms with Crippen molar-refractivity contribution in [3.05, 3.63) is 23.8 Å². The second-order valence-electron chi connectivity index (χ2n) is 7.95. The van der Waals surface area contributed by atoms with Crippen molar-refractivity contribution < 1.29 is 19.1 Å². The monoisotopic (exact) mass is 403 g/mol. The van der Waals surface area contributed by atoms with Gasteiger partial charge in [0.25, 0.3) is 0 Å². The number of carbonyl (C=O) groups is 2. The Labute approximate surface area is 173 Å². The molecule has 29 heavy (non-hydrogen) atoms. The van der Waals surface area contributed by atoms with Crippen molar-refractivity contribution in [1.82, 2.24) is 15.1 Å². The normalized spacial score (nSPS) is 19.6. The van der Waals surface area contributed by atoms with Crippen LogP contribution >= 0.6 is 0 Å². The Morgan fingerprint density at radius 1 is 1.24 bits per heavy atom. The summed E-state index contributed by atoms with van der Waals surface area (Å²) in [6, 6.07) is 5.34. The molecule has 1 aliphatic heterocycles. The molecule has 1 aromatic rings. The second kappa shape index (κ2) is 9.96. The van der Waals surface area contributed by atoms with Crippen molar-refractivity contribution in [3.63, 3.8) is 0 Å². The number of hydrogen-bond acceptors (Lipinski definition) is 5. The number of carbonyl (C=O) groups excluding carboxylic acids is 2. The number of nitrogens with one attached hydrogen (secondary N) is 1. The third-order valence-electron chi connectivity index (χ3n) is 5.66. The number of piperazine rings is 1. The quantitative estimate of drug-likeness (QED) is 0.647. The van der Waals surface area contributed by atoms with Gasteiger partial charge in [-0.2, -0.15) is 0 Å². The lowest BCUT2D eigenvalue weighted by molar-refractivity contribution is -0.139. The molecule has 0 aromatic heterocycles. The van der Waals surface area contributed by atoms with Crippen LogP contribution in [0, 0.1) is 5.92 Å². The molecule has 1 saturated carbocycles. The minimum absolute atomic E-state index is 0.0621. The van der Waals surface area contributed by atoms with Crippen LogP contribution in [0.3, 0.4) is 0 Å². The van der Waals surface area contributed by atoms with Gasteiger partial charge in [0.1, 0.15) is 0 Å². The fraction of sp³-hybridized carbons (Fsp3) is 0.636. The maximum Gasteiger partial charge on any atom is 0.237 e. The highest BCUT2D eigenvalue weighted by Gasteiger charge is 2.34. The summed E-state index contributed by atoms with van der Waals surface area (Å²) in [6.07, 6.45) is 3.59. The fourth-order valence-corrected chi connectivity index (χ4v) is 3.88. The third kappa shape index (κ3) is 5.63. The first kappa shape index (κ1) is 21.4. The number of methoxy groups -OCH3 is 2. The van der Waals surface area contributed by atoms with Gasteiger partial charge in [-0.1, -0.05) is 13.0 Å². The summed E-state index contributed by atoms with van der Waals surface area (Å²) in [5.41, 5.74) is 1.03. The van der Waals surface area contributed by atoms with Crippen LogP contribution < -0.4 is 14.8 Å². The van der Waals surface area contributed by atoms with E-state index in [1.807, 2.05) is 23.1 Å². The van der Waals surface area contributed by atoms with Crippen molar-refractivity contribution in [3.8, 4) is 11.5 Å². The molecule has 1 N–H and O–H groups in total. The molecule has 0 radical (unpaired) electrons. The van der Waals surface area contributed by atoms with Crippen LogP contribution in [-0.2, 0) is 16.1 Å². The van der Waals surface area contributed by atoms with E-state index in [1.54, 1.807) is 14.2 Å². The third-order valence-corrected chi connectivity index (χ3v) is 5.66. The maximum atomic E-state index is 13.0. The zero-order chi connectivity index (χ0) is 20.8. The Balaban J connectivity index is 1.69.